The lowest BCUT2D eigenvalue weighted by Crippen LogP contribution is -2.19. The van der Waals surface area contributed by atoms with Gasteiger partial charge in [0.25, 0.3) is 0 Å². The Hall–Kier alpha value is -0.200. The van der Waals surface area contributed by atoms with Crippen molar-refractivity contribution in [3.8, 4) is 6.07 Å². The monoisotopic (exact) mass is 226 g/mol. The van der Waals surface area contributed by atoms with Crippen LogP contribution in [0.3, 0.4) is 0 Å². The van der Waals surface area contributed by atoms with E-state index in [9.17, 15) is 0 Å². The van der Waals surface area contributed by atoms with E-state index in [0.29, 0.717) is 11.2 Å². The molecule has 0 spiro atoms. The third kappa shape index (κ3) is 4.90. The zero-order valence-electron chi connectivity index (χ0n) is 9.91. The fourth-order valence-electron chi connectivity index (χ4n) is 2.01. The van der Waals surface area contributed by atoms with Crippen LogP contribution in [0.1, 0.15) is 32.1 Å². The molecule has 0 radical (unpaired) electrons. The van der Waals surface area contributed by atoms with Crippen molar-refractivity contribution in [2.75, 3.05) is 26.4 Å². The number of rotatable bonds is 4. The van der Waals surface area contributed by atoms with E-state index in [1.54, 1.807) is 0 Å². The topological polar surface area (TPSA) is 27.0 Å². The highest BCUT2D eigenvalue weighted by atomic mass is 32.2. The van der Waals surface area contributed by atoms with Crippen molar-refractivity contribution in [3.05, 3.63) is 0 Å². The van der Waals surface area contributed by atoms with Crippen LogP contribution in [-0.4, -0.2) is 36.5 Å². The SMILES string of the molecule is CN(C)CCSC1CCCCCC1C#N. The van der Waals surface area contributed by atoms with E-state index in [1.165, 1.54) is 25.7 Å². The molecule has 1 saturated carbocycles. The van der Waals surface area contributed by atoms with Gasteiger partial charge in [-0.2, -0.15) is 17.0 Å². The van der Waals surface area contributed by atoms with Crippen LogP contribution < -0.4 is 0 Å². The maximum Gasteiger partial charge on any atom is 0.0667 e. The Morgan fingerprint density at radius 1 is 1.27 bits per heavy atom. The van der Waals surface area contributed by atoms with E-state index in [2.05, 4.69) is 25.1 Å². The van der Waals surface area contributed by atoms with Gasteiger partial charge in [0.05, 0.1) is 12.0 Å². The van der Waals surface area contributed by atoms with Gasteiger partial charge >= 0.3 is 0 Å². The second-order valence-electron chi connectivity index (χ2n) is 4.59. The Kier molecular flexibility index (Phi) is 6.12. The predicted octanol–water partition coefficient (Wildman–Crippen LogP) is 2.75. The van der Waals surface area contributed by atoms with Crippen molar-refractivity contribution in [2.45, 2.75) is 37.4 Å². The van der Waals surface area contributed by atoms with Gasteiger partial charge in [-0.05, 0) is 26.9 Å². The van der Waals surface area contributed by atoms with Crippen molar-refractivity contribution in [1.29, 1.82) is 5.26 Å². The van der Waals surface area contributed by atoms with E-state index in [-0.39, 0.29) is 0 Å². The largest absolute Gasteiger partial charge is 0.309 e. The summed E-state index contributed by atoms with van der Waals surface area (Å²) >= 11 is 2.01. The molecule has 3 heteroatoms. The maximum atomic E-state index is 9.12. The van der Waals surface area contributed by atoms with Crippen LogP contribution >= 0.6 is 11.8 Å². The van der Waals surface area contributed by atoms with Gasteiger partial charge in [0, 0.05) is 17.5 Å². The first kappa shape index (κ1) is 12.9. The van der Waals surface area contributed by atoms with Crippen LogP contribution in [0.25, 0.3) is 0 Å². The molecular formula is C12H22N2S. The van der Waals surface area contributed by atoms with Gasteiger partial charge in [-0.3, -0.25) is 0 Å². The van der Waals surface area contributed by atoms with Crippen LogP contribution in [0, 0.1) is 17.2 Å². The summed E-state index contributed by atoms with van der Waals surface area (Å²) in [6, 6.07) is 2.50. The van der Waals surface area contributed by atoms with E-state index in [1.807, 2.05) is 11.8 Å². The molecule has 2 nitrogen and oxygen atoms in total. The second kappa shape index (κ2) is 7.14. The summed E-state index contributed by atoms with van der Waals surface area (Å²) in [5.41, 5.74) is 0. The van der Waals surface area contributed by atoms with Gasteiger partial charge in [-0.25, -0.2) is 0 Å². The van der Waals surface area contributed by atoms with Crippen LogP contribution in [-0.2, 0) is 0 Å². The molecule has 0 aliphatic heterocycles. The Labute approximate surface area is 98.0 Å². The van der Waals surface area contributed by atoms with E-state index < -0.39 is 0 Å². The molecule has 86 valence electrons. The molecule has 0 aromatic rings. The number of nitrogens with zero attached hydrogens (tertiary/aromatic N) is 2. The molecule has 0 bridgehead atoms. The molecule has 2 unspecified atom stereocenters. The van der Waals surface area contributed by atoms with E-state index in [4.69, 9.17) is 5.26 Å². The second-order valence-corrected chi connectivity index (χ2v) is 5.93. The quantitative estimate of drug-likeness (QED) is 0.690. The van der Waals surface area contributed by atoms with Gasteiger partial charge in [0.2, 0.25) is 0 Å². The first-order valence-electron chi connectivity index (χ1n) is 5.90. The minimum atomic E-state index is 0.305. The molecule has 2 atom stereocenters. The summed E-state index contributed by atoms with van der Waals surface area (Å²) in [6.07, 6.45) is 6.26. The molecule has 1 fully saturated rings. The number of nitriles is 1. The smallest absolute Gasteiger partial charge is 0.0667 e. The fourth-order valence-corrected chi connectivity index (χ4v) is 3.54. The molecule has 0 heterocycles. The molecular weight excluding hydrogens is 204 g/mol. The normalized spacial score (nSPS) is 27.3. The molecule has 15 heavy (non-hydrogen) atoms. The van der Waals surface area contributed by atoms with Crippen LogP contribution in [0.5, 0.6) is 0 Å². The Bertz CT molecular complexity index is 210. The standard InChI is InChI=1S/C12H22N2S/c1-14(2)8-9-15-12-7-5-3-4-6-11(12)10-13/h11-12H,3-9H2,1-2H3. The molecule has 0 amide bonds. The average molecular weight is 226 g/mol. The zero-order valence-corrected chi connectivity index (χ0v) is 10.7. The van der Waals surface area contributed by atoms with E-state index >= 15 is 0 Å². The van der Waals surface area contributed by atoms with Crippen molar-refractivity contribution in [1.82, 2.24) is 4.90 Å². The lowest BCUT2D eigenvalue weighted by molar-refractivity contribution is 0.436. The van der Waals surface area contributed by atoms with E-state index in [0.717, 1.165) is 18.7 Å². The molecule has 0 N–H and O–H groups in total. The third-order valence-corrected chi connectivity index (χ3v) is 4.40. The average Bonchev–Trinajstić information content (AvgIpc) is 2.42. The lowest BCUT2D eigenvalue weighted by Gasteiger charge is -2.19. The van der Waals surface area contributed by atoms with Crippen molar-refractivity contribution < 1.29 is 0 Å². The summed E-state index contributed by atoms with van der Waals surface area (Å²) in [7, 11) is 4.21. The molecule has 0 aromatic carbocycles. The highest BCUT2D eigenvalue weighted by molar-refractivity contribution is 7.99. The van der Waals surface area contributed by atoms with Crippen molar-refractivity contribution in [2.24, 2.45) is 5.92 Å². The van der Waals surface area contributed by atoms with Crippen LogP contribution in [0.4, 0.5) is 0 Å². The number of hydrogen-bond acceptors (Lipinski definition) is 3. The Morgan fingerprint density at radius 2 is 2.00 bits per heavy atom. The number of thioether (sulfide) groups is 1. The first-order chi connectivity index (χ1) is 7.24. The summed E-state index contributed by atoms with van der Waals surface area (Å²) in [5.74, 6) is 1.47. The van der Waals surface area contributed by atoms with Gasteiger partial charge in [-0.15, -0.1) is 0 Å². The molecule has 1 aliphatic rings. The van der Waals surface area contributed by atoms with Gasteiger partial charge < -0.3 is 4.90 Å². The molecule has 1 aliphatic carbocycles. The van der Waals surface area contributed by atoms with Gasteiger partial charge in [0.1, 0.15) is 0 Å². The zero-order chi connectivity index (χ0) is 11.1. The molecule has 1 rings (SSSR count). The van der Waals surface area contributed by atoms with Crippen LogP contribution in [0.15, 0.2) is 0 Å². The predicted molar refractivity (Wildman–Crippen MR) is 67.0 cm³/mol. The maximum absolute atomic E-state index is 9.12. The fraction of sp³-hybridized carbons (Fsp3) is 0.917. The lowest BCUT2D eigenvalue weighted by atomic mass is 10.0. The Balaban J connectivity index is 2.32. The number of hydrogen-bond donors (Lipinski definition) is 0. The minimum absolute atomic E-state index is 0.305. The first-order valence-corrected chi connectivity index (χ1v) is 6.95. The Morgan fingerprint density at radius 3 is 2.67 bits per heavy atom. The van der Waals surface area contributed by atoms with Crippen LogP contribution in [0.2, 0.25) is 0 Å². The summed E-state index contributed by atoms with van der Waals surface area (Å²) < 4.78 is 0. The van der Waals surface area contributed by atoms with Gasteiger partial charge in [-0.1, -0.05) is 19.3 Å². The highest BCUT2D eigenvalue weighted by Gasteiger charge is 2.23. The molecule has 0 aromatic heterocycles. The highest BCUT2D eigenvalue weighted by Crippen LogP contribution is 2.31. The summed E-state index contributed by atoms with van der Waals surface area (Å²) in [6.45, 7) is 1.12. The minimum Gasteiger partial charge on any atom is -0.309 e. The molecule has 0 saturated heterocycles. The van der Waals surface area contributed by atoms with Gasteiger partial charge in [0.15, 0.2) is 0 Å². The van der Waals surface area contributed by atoms with Crippen molar-refractivity contribution in [3.63, 3.8) is 0 Å². The third-order valence-electron chi connectivity index (χ3n) is 2.99. The summed E-state index contributed by atoms with van der Waals surface area (Å²) in [5, 5.41) is 9.72. The summed E-state index contributed by atoms with van der Waals surface area (Å²) in [4.78, 5) is 2.21. The van der Waals surface area contributed by atoms with Crippen molar-refractivity contribution >= 4 is 11.8 Å².